The van der Waals surface area contributed by atoms with Crippen LogP contribution in [-0.4, -0.2) is 5.91 Å². The van der Waals surface area contributed by atoms with Gasteiger partial charge in [-0.1, -0.05) is 72.8 Å². The van der Waals surface area contributed by atoms with E-state index in [1.54, 1.807) is 6.20 Å². The van der Waals surface area contributed by atoms with Gasteiger partial charge in [0.05, 0.1) is 0 Å². The number of fused-ring (bicyclic) bond motifs is 2. The van der Waals surface area contributed by atoms with Crippen molar-refractivity contribution in [1.29, 1.82) is 0 Å². The number of rotatable bonds is 4. The smallest absolute Gasteiger partial charge is 0.249 e. The van der Waals surface area contributed by atoms with Gasteiger partial charge in [0.15, 0.2) is 0 Å². The van der Waals surface area contributed by atoms with E-state index in [1.807, 2.05) is 66.7 Å². The molecule has 0 spiro atoms. The molecule has 3 nitrogen and oxygen atoms in total. The van der Waals surface area contributed by atoms with Gasteiger partial charge in [-0.15, -0.1) is 0 Å². The van der Waals surface area contributed by atoms with E-state index in [1.165, 1.54) is 6.08 Å². The first-order chi connectivity index (χ1) is 12.8. The van der Waals surface area contributed by atoms with E-state index in [-0.39, 0.29) is 5.91 Å². The number of carbonyl (C=O) groups is 1. The lowest BCUT2D eigenvalue weighted by Crippen LogP contribution is -2.08. The molecule has 126 valence electrons. The van der Waals surface area contributed by atoms with Crippen molar-refractivity contribution in [3.05, 3.63) is 97.2 Å². The second-order valence-electron chi connectivity index (χ2n) is 6.02. The minimum absolute atomic E-state index is 0.172. The fourth-order valence-corrected chi connectivity index (χ4v) is 3.07. The standard InChI is InChI=1S/C23H18N2O/c26-23(25-22-14-6-10-18-8-2-4-12-20(18)22)15-16-24-21-13-5-9-17-7-1-3-11-19(17)21/h1-16,24H,(H,25,26)/b16-15-. The minimum atomic E-state index is -0.172. The van der Waals surface area contributed by atoms with Crippen LogP contribution in [0.4, 0.5) is 11.4 Å². The fourth-order valence-electron chi connectivity index (χ4n) is 3.07. The third-order valence-corrected chi connectivity index (χ3v) is 4.31. The summed E-state index contributed by atoms with van der Waals surface area (Å²) < 4.78 is 0. The van der Waals surface area contributed by atoms with Crippen LogP contribution in [0, 0.1) is 0 Å². The van der Waals surface area contributed by atoms with Gasteiger partial charge < -0.3 is 10.6 Å². The van der Waals surface area contributed by atoms with Crippen molar-refractivity contribution in [3.63, 3.8) is 0 Å². The van der Waals surface area contributed by atoms with E-state index in [0.717, 1.165) is 32.9 Å². The summed E-state index contributed by atoms with van der Waals surface area (Å²) in [4.78, 5) is 12.3. The van der Waals surface area contributed by atoms with Gasteiger partial charge in [0.25, 0.3) is 0 Å². The predicted molar refractivity (Wildman–Crippen MR) is 109 cm³/mol. The SMILES string of the molecule is O=C(/C=C\Nc1cccc2ccccc12)Nc1cccc2ccccc12. The zero-order valence-electron chi connectivity index (χ0n) is 14.1. The predicted octanol–water partition coefficient (Wildman–Crippen LogP) is 5.56. The molecule has 0 bridgehead atoms. The summed E-state index contributed by atoms with van der Waals surface area (Å²) in [5.74, 6) is -0.172. The Morgan fingerprint density at radius 3 is 1.88 bits per heavy atom. The molecular weight excluding hydrogens is 320 g/mol. The fraction of sp³-hybridized carbons (Fsp3) is 0. The van der Waals surface area contributed by atoms with Crippen molar-refractivity contribution in [2.45, 2.75) is 0 Å². The number of benzene rings is 4. The van der Waals surface area contributed by atoms with E-state index >= 15 is 0 Å². The number of amides is 1. The molecule has 4 aromatic carbocycles. The molecule has 2 N–H and O–H groups in total. The monoisotopic (exact) mass is 338 g/mol. The first kappa shape index (κ1) is 15.9. The molecule has 4 rings (SSSR count). The Hall–Kier alpha value is -3.59. The van der Waals surface area contributed by atoms with Gasteiger partial charge in [-0.05, 0) is 22.9 Å². The van der Waals surface area contributed by atoms with Gasteiger partial charge in [0.1, 0.15) is 0 Å². The third-order valence-electron chi connectivity index (χ3n) is 4.31. The van der Waals surface area contributed by atoms with Crippen molar-refractivity contribution < 1.29 is 4.79 Å². The van der Waals surface area contributed by atoms with Crippen LogP contribution in [0.5, 0.6) is 0 Å². The number of anilines is 2. The lowest BCUT2D eigenvalue weighted by Gasteiger charge is -2.07. The molecule has 0 saturated heterocycles. The maximum Gasteiger partial charge on any atom is 0.249 e. The van der Waals surface area contributed by atoms with E-state index in [0.29, 0.717) is 0 Å². The first-order valence-electron chi connectivity index (χ1n) is 8.51. The molecule has 0 aromatic heterocycles. The molecule has 4 aromatic rings. The normalized spacial score (nSPS) is 11.1. The molecular formula is C23H18N2O. The van der Waals surface area contributed by atoms with Gasteiger partial charge in [-0.3, -0.25) is 4.79 Å². The van der Waals surface area contributed by atoms with Crippen molar-refractivity contribution in [3.8, 4) is 0 Å². The minimum Gasteiger partial charge on any atom is -0.361 e. The topological polar surface area (TPSA) is 41.1 Å². The zero-order chi connectivity index (χ0) is 17.8. The molecule has 0 fully saturated rings. The molecule has 26 heavy (non-hydrogen) atoms. The third kappa shape index (κ3) is 3.28. The average molecular weight is 338 g/mol. The molecule has 0 saturated carbocycles. The molecule has 0 atom stereocenters. The average Bonchev–Trinajstić information content (AvgIpc) is 2.68. The van der Waals surface area contributed by atoms with Crippen LogP contribution in [0.15, 0.2) is 97.2 Å². The number of hydrogen-bond acceptors (Lipinski definition) is 2. The van der Waals surface area contributed by atoms with Crippen molar-refractivity contribution in [2.75, 3.05) is 10.6 Å². The maximum atomic E-state index is 12.3. The van der Waals surface area contributed by atoms with Crippen LogP contribution < -0.4 is 10.6 Å². The Kier molecular flexibility index (Phi) is 4.35. The molecule has 0 aliphatic carbocycles. The van der Waals surface area contributed by atoms with E-state index < -0.39 is 0 Å². The van der Waals surface area contributed by atoms with Gasteiger partial charge in [-0.25, -0.2) is 0 Å². The Labute approximate surface area is 152 Å². The summed E-state index contributed by atoms with van der Waals surface area (Å²) in [5.41, 5.74) is 1.78. The van der Waals surface area contributed by atoms with E-state index in [4.69, 9.17) is 0 Å². The number of hydrogen-bond donors (Lipinski definition) is 2. The van der Waals surface area contributed by atoms with Gasteiger partial charge in [0, 0.05) is 34.4 Å². The second-order valence-corrected chi connectivity index (χ2v) is 6.02. The van der Waals surface area contributed by atoms with Crippen LogP contribution in [0.3, 0.4) is 0 Å². The van der Waals surface area contributed by atoms with Crippen molar-refractivity contribution >= 4 is 38.8 Å². The highest BCUT2D eigenvalue weighted by atomic mass is 16.1. The molecule has 0 aliphatic rings. The van der Waals surface area contributed by atoms with Crippen molar-refractivity contribution in [2.24, 2.45) is 0 Å². The van der Waals surface area contributed by atoms with Gasteiger partial charge in [-0.2, -0.15) is 0 Å². The number of carbonyl (C=O) groups excluding carboxylic acids is 1. The second kappa shape index (κ2) is 7.11. The largest absolute Gasteiger partial charge is 0.361 e. The van der Waals surface area contributed by atoms with Gasteiger partial charge in [0.2, 0.25) is 5.91 Å². The lowest BCUT2D eigenvalue weighted by atomic mass is 10.1. The highest BCUT2D eigenvalue weighted by molar-refractivity contribution is 6.06. The molecule has 0 aliphatic heterocycles. The summed E-state index contributed by atoms with van der Waals surface area (Å²) in [6, 6.07) is 28.1. The lowest BCUT2D eigenvalue weighted by molar-refractivity contribution is -0.111. The highest BCUT2D eigenvalue weighted by Crippen LogP contribution is 2.24. The van der Waals surface area contributed by atoms with Crippen LogP contribution in [-0.2, 0) is 4.79 Å². The Morgan fingerprint density at radius 1 is 0.654 bits per heavy atom. The number of nitrogens with one attached hydrogen (secondary N) is 2. The van der Waals surface area contributed by atoms with Crippen LogP contribution in [0.2, 0.25) is 0 Å². The van der Waals surface area contributed by atoms with E-state index in [9.17, 15) is 4.79 Å². The van der Waals surface area contributed by atoms with E-state index in [2.05, 4.69) is 28.8 Å². The van der Waals surface area contributed by atoms with Crippen LogP contribution >= 0.6 is 0 Å². The molecule has 1 amide bonds. The van der Waals surface area contributed by atoms with Crippen LogP contribution in [0.25, 0.3) is 21.5 Å². The first-order valence-corrected chi connectivity index (χ1v) is 8.51. The summed E-state index contributed by atoms with van der Waals surface area (Å²) in [6.45, 7) is 0. The summed E-state index contributed by atoms with van der Waals surface area (Å²) in [6.07, 6.45) is 3.17. The molecule has 0 unspecified atom stereocenters. The zero-order valence-corrected chi connectivity index (χ0v) is 14.1. The summed E-state index contributed by atoms with van der Waals surface area (Å²) >= 11 is 0. The molecule has 0 radical (unpaired) electrons. The highest BCUT2D eigenvalue weighted by Gasteiger charge is 2.03. The molecule has 0 heterocycles. The Balaban J connectivity index is 1.49. The summed E-state index contributed by atoms with van der Waals surface area (Å²) in [7, 11) is 0. The summed E-state index contributed by atoms with van der Waals surface area (Å²) in [5, 5.41) is 10.5. The molecule has 3 heteroatoms. The quantitative estimate of drug-likeness (QED) is 0.478. The Bertz CT molecular complexity index is 1100. The van der Waals surface area contributed by atoms with Gasteiger partial charge >= 0.3 is 0 Å². The van der Waals surface area contributed by atoms with Crippen LogP contribution in [0.1, 0.15) is 0 Å². The Morgan fingerprint density at radius 2 is 1.19 bits per heavy atom. The maximum absolute atomic E-state index is 12.3. The van der Waals surface area contributed by atoms with Crippen molar-refractivity contribution in [1.82, 2.24) is 0 Å².